The molecule has 0 aromatic heterocycles. The predicted octanol–water partition coefficient (Wildman–Crippen LogP) is 4.56. The lowest BCUT2D eigenvalue weighted by molar-refractivity contribution is 0.0952. The molecule has 0 fully saturated rings. The molecule has 4 nitrogen and oxygen atoms in total. The fraction of sp³-hybridized carbons (Fsp3) is 0.0909. The first-order chi connectivity index (χ1) is 13.1. The van der Waals surface area contributed by atoms with E-state index in [-0.39, 0.29) is 11.8 Å². The number of nitrogens with one attached hydrogen (secondary N) is 2. The molecule has 2 amide bonds. The molecule has 136 valence electrons. The lowest BCUT2D eigenvalue weighted by Gasteiger charge is -2.08. The minimum atomic E-state index is -0.256. The van der Waals surface area contributed by atoms with E-state index in [0.717, 1.165) is 6.42 Å². The maximum atomic E-state index is 12.3. The second-order valence-corrected chi connectivity index (χ2v) is 6.47. The first kappa shape index (κ1) is 18.7. The monoisotopic (exact) mass is 378 g/mol. The third-order valence-corrected chi connectivity index (χ3v) is 4.27. The van der Waals surface area contributed by atoms with Crippen LogP contribution in [0.2, 0.25) is 5.02 Å². The van der Waals surface area contributed by atoms with Crippen LogP contribution in [-0.4, -0.2) is 18.4 Å². The maximum absolute atomic E-state index is 12.3. The number of amides is 2. The van der Waals surface area contributed by atoms with Gasteiger partial charge in [0.25, 0.3) is 11.8 Å². The smallest absolute Gasteiger partial charge is 0.255 e. The standard InChI is InChI=1S/C22H19ClN2O2/c23-19-7-4-8-20(15-19)25-22(27)18-11-9-17(10-12-18)21(26)24-14-13-16-5-2-1-3-6-16/h1-12,15H,13-14H2,(H,24,26)(H,25,27). The Morgan fingerprint density at radius 3 is 2.11 bits per heavy atom. The van der Waals surface area contributed by atoms with Crippen molar-refractivity contribution >= 4 is 29.1 Å². The van der Waals surface area contributed by atoms with Crippen molar-refractivity contribution < 1.29 is 9.59 Å². The summed E-state index contributed by atoms with van der Waals surface area (Å²) < 4.78 is 0. The second-order valence-electron chi connectivity index (χ2n) is 6.03. The zero-order valence-electron chi connectivity index (χ0n) is 14.6. The number of halogens is 1. The van der Waals surface area contributed by atoms with Gasteiger partial charge in [0.05, 0.1) is 0 Å². The molecule has 0 saturated heterocycles. The lowest BCUT2D eigenvalue weighted by Crippen LogP contribution is -2.25. The topological polar surface area (TPSA) is 58.2 Å². The van der Waals surface area contributed by atoms with Crippen LogP contribution >= 0.6 is 11.6 Å². The lowest BCUT2D eigenvalue weighted by atomic mass is 10.1. The van der Waals surface area contributed by atoms with E-state index in [1.165, 1.54) is 5.56 Å². The third-order valence-electron chi connectivity index (χ3n) is 4.03. The summed E-state index contributed by atoms with van der Waals surface area (Å²) in [6.07, 6.45) is 0.771. The van der Waals surface area contributed by atoms with Crippen LogP contribution in [0.1, 0.15) is 26.3 Å². The van der Waals surface area contributed by atoms with E-state index in [2.05, 4.69) is 10.6 Å². The van der Waals surface area contributed by atoms with Crippen LogP contribution in [0, 0.1) is 0 Å². The summed E-state index contributed by atoms with van der Waals surface area (Å²) in [5.41, 5.74) is 2.78. The minimum Gasteiger partial charge on any atom is -0.352 e. The van der Waals surface area contributed by atoms with Crippen LogP contribution in [0.15, 0.2) is 78.9 Å². The fourth-order valence-electron chi connectivity index (χ4n) is 2.61. The Hall–Kier alpha value is -3.11. The van der Waals surface area contributed by atoms with Crippen molar-refractivity contribution in [2.45, 2.75) is 6.42 Å². The van der Waals surface area contributed by atoms with Crippen molar-refractivity contribution in [1.29, 1.82) is 0 Å². The summed E-state index contributed by atoms with van der Waals surface area (Å²) in [4.78, 5) is 24.5. The molecular weight excluding hydrogens is 360 g/mol. The number of hydrogen-bond donors (Lipinski definition) is 2. The Balaban J connectivity index is 1.54. The molecule has 0 saturated carbocycles. The Kier molecular flexibility index (Phi) is 6.23. The zero-order chi connectivity index (χ0) is 19.1. The van der Waals surface area contributed by atoms with E-state index in [1.54, 1.807) is 48.5 Å². The molecule has 0 spiro atoms. The molecule has 0 aliphatic carbocycles. The van der Waals surface area contributed by atoms with Gasteiger partial charge in [-0.2, -0.15) is 0 Å². The first-order valence-corrected chi connectivity index (χ1v) is 8.99. The van der Waals surface area contributed by atoms with Gasteiger partial charge in [0.1, 0.15) is 0 Å². The van der Waals surface area contributed by atoms with E-state index in [0.29, 0.717) is 28.4 Å². The van der Waals surface area contributed by atoms with Gasteiger partial charge in [-0.15, -0.1) is 0 Å². The molecule has 2 N–H and O–H groups in total. The molecule has 3 rings (SSSR count). The first-order valence-electron chi connectivity index (χ1n) is 8.61. The van der Waals surface area contributed by atoms with Crippen molar-refractivity contribution in [3.63, 3.8) is 0 Å². The van der Waals surface area contributed by atoms with Crippen LogP contribution < -0.4 is 10.6 Å². The molecular formula is C22H19ClN2O2. The number of hydrogen-bond acceptors (Lipinski definition) is 2. The van der Waals surface area contributed by atoms with Gasteiger partial charge in [-0.05, 0) is 54.4 Å². The Bertz CT molecular complexity index is 925. The molecule has 0 heterocycles. The van der Waals surface area contributed by atoms with E-state index >= 15 is 0 Å². The average Bonchev–Trinajstić information content (AvgIpc) is 2.69. The normalized spacial score (nSPS) is 10.3. The SMILES string of the molecule is O=C(NCCc1ccccc1)c1ccc(C(=O)Nc2cccc(Cl)c2)cc1. The van der Waals surface area contributed by atoms with Crippen molar-refractivity contribution in [1.82, 2.24) is 5.32 Å². The zero-order valence-corrected chi connectivity index (χ0v) is 15.4. The van der Waals surface area contributed by atoms with Gasteiger partial charge in [-0.3, -0.25) is 9.59 Å². The number of rotatable bonds is 6. The summed E-state index contributed by atoms with van der Waals surface area (Å²) in [7, 11) is 0. The molecule has 27 heavy (non-hydrogen) atoms. The quantitative estimate of drug-likeness (QED) is 0.660. The Morgan fingerprint density at radius 1 is 0.778 bits per heavy atom. The van der Waals surface area contributed by atoms with Crippen LogP contribution in [-0.2, 0) is 6.42 Å². The van der Waals surface area contributed by atoms with Crippen molar-refractivity contribution in [2.75, 3.05) is 11.9 Å². The van der Waals surface area contributed by atoms with Crippen LogP contribution in [0.4, 0.5) is 5.69 Å². The van der Waals surface area contributed by atoms with Gasteiger partial charge in [0.15, 0.2) is 0 Å². The highest BCUT2D eigenvalue weighted by Crippen LogP contribution is 2.16. The fourth-order valence-corrected chi connectivity index (χ4v) is 2.80. The van der Waals surface area contributed by atoms with Crippen molar-refractivity contribution in [3.8, 4) is 0 Å². The molecule has 0 unspecified atom stereocenters. The molecule has 0 aliphatic heterocycles. The van der Waals surface area contributed by atoms with Gasteiger partial charge in [0.2, 0.25) is 0 Å². The summed E-state index contributed by atoms with van der Waals surface area (Å²) >= 11 is 5.91. The second kappa shape index (κ2) is 9.01. The van der Waals surface area contributed by atoms with Crippen LogP contribution in [0.5, 0.6) is 0 Å². The summed E-state index contributed by atoms with van der Waals surface area (Å²) in [6, 6.07) is 23.5. The predicted molar refractivity (Wildman–Crippen MR) is 108 cm³/mol. The summed E-state index contributed by atoms with van der Waals surface area (Å²) in [5, 5.41) is 6.22. The largest absolute Gasteiger partial charge is 0.352 e. The summed E-state index contributed by atoms with van der Waals surface area (Å²) in [5.74, 6) is -0.416. The highest BCUT2D eigenvalue weighted by molar-refractivity contribution is 6.31. The van der Waals surface area contributed by atoms with E-state index in [4.69, 9.17) is 11.6 Å². The molecule has 5 heteroatoms. The Labute approximate surface area is 163 Å². The highest BCUT2D eigenvalue weighted by atomic mass is 35.5. The van der Waals surface area contributed by atoms with Crippen molar-refractivity contribution in [2.24, 2.45) is 0 Å². The van der Waals surface area contributed by atoms with Gasteiger partial charge in [0, 0.05) is 28.4 Å². The minimum absolute atomic E-state index is 0.160. The molecule has 0 aliphatic rings. The molecule has 0 bridgehead atoms. The van der Waals surface area contributed by atoms with Gasteiger partial charge in [-0.25, -0.2) is 0 Å². The summed E-state index contributed by atoms with van der Waals surface area (Å²) in [6.45, 7) is 0.555. The highest BCUT2D eigenvalue weighted by Gasteiger charge is 2.09. The van der Waals surface area contributed by atoms with Gasteiger partial charge < -0.3 is 10.6 Å². The Morgan fingerprint density at radius 2 is 1.44 bits per heavy atom. The molecule has 3 aromatic carbocycles. The number of benzene rings is 3. The number of carbonyl (C=O) groups excluding carboxylic acids is 2. The molecule has 0 atom stereocenters. The van der Waals surface area contributed by atoms with Crippen molar-refractivity contribution in [3.05, 3.63) is 101 Å². The van der Waals surface area contributed by atoms with E-state index in [1.807, 2.05) is 30.3 Å². The number of anilines is 1. The van der Waals surface area contributed by atoms with E-state index in [9.17, 15) is 9.59 Å². The average molecular weight is 379 g/mol. The van der Waals surface area contributed by atoms with Gasteiger partial charge >= 0.3 is 0 Å². The van der Waals surface area contributed by atoms with E-state index < -0.39 is 0 Å². The maximum Gasteiger partial charge on any atom is 0.255 e. The van der Waals surface area contributed by atoms with Crippen LogP contribution in [0.3, 0.4) is 0 Å². The van der Waals surface area contributed by atoms with Crippen LogP contribution in [0.25, 0.3) is 0 Å². The molecule has 3 aromatic rings. The van der Waals surface area contributed by atoms with Gasteiger partial charge in [-0.1, -0.05) is 48.0 Å². The number of carbonyl (C=O) groups is 2. The molecule has 0 radical (unpaired) electrons. The third kappa shape index (κ3) is 5.43.